The first-order valence-corrected chi connectivity index (χ1v) is 7.30. The van der Waals surface area contributed by atoms with Crippen LogP contribution in [0.1, 0.15) is 15.9 Å². The first-order chi connectivity index (χ1) is 11.5. The van der Waals surface area contributed by atoms with Crippen LogP contribution in [0.3, 0.4) is 0 Å². The molecule has 9 heteroatoms. The number of carbonyl (C=O) groups excluding carboxylic acids is 1. The van der Waals surface area contributed by atoms with Gasteiger partial charge in [-0.1, -0.05) is 23.2 Å². The lowest BCUT2D eigenvalue weighted by Crippen LogP contribution is -2.17. The second-order valence-corrected chi connectivity index (χ2v) is 5.25. The number of hydrogen-bond donors (Lipinski definition) is 2. The van der Waals surface area contributed by atoms with Crippen LogP contribution in [0.5, 0.6) is 5.75 Å². The van der Waals surface area contributed by atoms with E-state index in [1.54, 1.807) is 12.1 Å². The average Bonchev–Trinajstić information content (AvgIpc) is 2.54. The number of halogens is 2. The number of ether oxygens (including phenoxy) is 1. The van der Waals surface area contributed by atoms with E-state index in [1.165, 1.54) is 30.7 Å². The second-order valence-electron chi connectivity index (χ2n) is 4.43. The molecule has 0 radical (unpaired) electrons. The van der Waals surface area contributed by atoms with Crippen LogP contribution in [-0.2, 0) is 4.79 Å². The summed E-state index contributed by atoms with van der Waals surface area (Å²) < 4.78 is 5.00. The number of hydrogen-bond acceptors (Lipinski definition) is 5. The maximum atomic E-state index is 11.8. The Morgan fingerprint density at radius 1 is 1.25 bits per heavy atom. The summed E-state index contributed by atoms with van der Waals surface area (Å²) in [6.07, 6.45) is 4.33. The summed E-state index contributed by atoms with van der Waals surface area (Å²) in [7, 11) is 0. The Kier molecular flexibility index (Phi) is 6.11. The molecule has 0 unspecified atom stereocenters. The minimum Gasteiger partial charge on any atom is -0.479 e. The fraction of sp³-hybridized carbons (Fsp3) is 0.0667. The van der Waals surface area contributed by atoms with E-state index in [9.17, 15) is 9.59 Å². The fourth-order valence-electron chi connectivity index (χ4n) is 1.66. The highest BCUT2D eigenvalue weighted by molar-refractivity contribution is 6.37. The number of aliphatic carboxylic acids is 1. The minimum absolute atomic E-state index is 0.0682. The molecule has 0 saturated heterocycles. The summed E-state index contributed by atoms with van der Waals surface area (Å²) in [5.41, 5.74) is 3.26. The number of nitrogens with one attached hydrogen (secondary N) is 1. The van der Waals surface area contributed by atoms with Gasteiger partial charge in [-0.3, -0.25) is 9.78 Å². The molecule has 0 aliphatic rings. The molecule has 7 nitrogen and oxygen atoms in total. The number of carboxylic acids is 1. The molecule has 0 atom stereocenters. The van der Waals surface area contributed by atoms with Gasteiger partial charge in [0.25, 0.3) is 5.91 Å². The van der Waals surface area contributed by atoms with E-state index in [0.29, 0.717) is 11.1 Å². The maximum absolute atomic E-state index is 11.8. The summed E-state index contributed by atoms with van der Waals surface area (Å²) in [6.45, 7) is -0.561. The number of carbonyl (C=O) groups is 2. The van der Waals surface area contributed by atoms with Gasteiger partial charge < -0.3 is 9.84 Å². The minimum atomic E-state index is -1.15. The van der Waals surface area contributed by atoms with Crippen molar-refractivity contribution in [3.05, 3.63) is 57.8 Å². The number of carboxylic acid groups (broad SMARTS) is 1. The average molecular weight is 368 g/mol. The topological polar surface area (TPSA) is 101 Å². The van der Waals surface area contributed by atoms with E-state index in [0.717, 1.165) is 0 Å². The van der Waals surface area contributed by atoms with Gasteiger partial charge in [-0.15, -0.1) is 0 Å². The van der Waals surface area contributed by atoms with Crippen LogP contribution in [0.4, 0.5) is 0 Å². The van der Waals surface area contributed by atoms with Gasteiger partial charge in [-0.2, -0.15) is 5.10 Å². The molecule has 24 heavy (non-hydrogen) atoms. The van der Waals surface area contributed by atoms with Crippen LogP contribution in [0.2, 0.25) is 10.0 Å². The lowest BCUT2D eigenvalue weighted by atomic mass is 10.2. The normalized spacial score (nSPS) is 10.6. The highest BCUT2D eigenvalue weighted by Gasteiger charge is 2.11. The van der Waals surface area contributed by atoms with E-state index in [-0.39, 0.29) is 15.8 Å². The molecule has 124 valence electrons. The zero-order valence-corrected chi connectivity index (χ0v) is 13.6. The molecule has 2 aromatic rings. The number of aromatic nitrogens is 1. The third kappa shape index (κ3) is 4.94. The zero-order chi connectivity index (χ0) is 17.5. The molecule has 0 spiro atoms. The molecule has 0 saturated carbocycles. The quantitative estimate of drug-likeness (QED) is 0.603. The number of benzene rings is 1. The molecule has 1 heterocycles. The van der Waals surface area contributed by atoms with Gasteiger partial charge in [0, 0.05) is 18.0 Å². The molecule has 0 aliphatic heterocycles. The monoisotopic (exact) mass is 367 g/mol. The summed E-state index contributed by atoms with van der Waals surface area (Å²) in [5.74, 6) is -1.47. The molecule has 2 N–H and O–H groups in total. The van der Waals surface area contributed by atoms with Crippen molar-refractivity contribution >= 4 is 41.3 Å². The van der Waals surface area contributed by atoms with Crippen molar-refractivity contribution in [2.24, 2.45) is 5.10 Å². The van der Waals surface area contributed by atoms with Crippen molar-refractivity contribution in [2.45, 2.75) is 0 Å². The molecule has 1 aromatic heterocycles. The molecular weight excluding hydrogens is 357 g/mol. The van der Waals surface area contributed by atoms with Crippen LogP contribution in [-0.4, -0.2) is 34.8 Å². The standard InChI is InChI=1S/C15H11Cl2N3O4/c16-11-5-9(6-12(17)14(11)24-8-13(21)22)7-19-20-15(23)10-1-3-18-4-2-10/h1-7H,8H2,(H,20,23)(H,21,22)/b19-7-. The first-order valence-electron chi connectivity index (χ1n) is 6.54. The van der Waals surface area contributed by atoms with Crippen molar-refractivity contribution in [2.75, 3.05) is 6.61 Å². The van der Waals surface area contributed by atoms with Gasteiger partial charge in [0.2, 0.25) is 0 Å². The Balaban J connectivity index is 2.05. The number of hydrazone groups is 1. The van der Waals surface area contributed by atoms with Crippen LogP contribution in [0, 0.1) is 0 Å². The summed E-state index contributed by atoms with van der Waals surface area (Å²) in [4.78, 5) is 26.1. The van der Waals surface area contributed by atoms with Crippen molar-refractivity contribution in [3.8, 4) is 5.75 Å². The van der Waals surface area contributed by atoms with E-state index in [1.807, 2.05) is 0 Å². The Morgan fingerprint density at radius 3 is 2.46 bits per heavy atom. The van der Waals surface area contributed by atoms with Gasteiger partial charge in [0.15, 0.2) is 12.4 Å². The number of amides is 1. The van der Waals surface area contributed by atoms with Crippen molar-refractivity contribution in [1.29, 1.82) is 0 Å². The third-order valence-electron chi connectivity index (χ3n) is 2.68. The molecule has 0 aliphatic carbocycles. The molecular formula is C15H11Cl2N3O4. The van der Waals surface area contributed by atoms with Gasteiger partial charge >= 0.3 is 5.97 Å². The van der Waals surface area contributed by atoms with E-state index < -0.39 is 18.5 Å². The molecule has 1 amide bonds. The molecule has 0 bridgehead atoms. The van der Waals surface area contributed by atoms with E-state index in [2.05, 4.69) is 15.5 Å². The lowest BCUT2D eigenvalue weighted by Gasteiger charge is -2.08. The second kappa shape index (κ2) is 8.28. The van der Waals surface area contributed by atoms with Crippen molar-refractivity contribution < 1.29 is 19.4 Å². The number of rotatable bonds is 6. The van der Waals surface area contributed by atoms with Gasteiger partial charge in [0.05, 0.1) is 16.3 Å². The zero-order valence-electron chi connectivity index (χ0n) is 12.1. The van der Waals surface area contributed by atoms with Crippen molar-refractivity contribution in [3.63, 3.8) is 0 Å². The van der Waals surface area contributed by atoms with Gasteiger partial charge in [-0.05, 0) is 29.8 Å². The van der Waals surface area contributed by atoms with Crippen molar-refractivity contribution in [1.82, 2.24) is 10.4 Å². The highest BCUT2D eigenvalue weighted by Crippen LogP contribution is 2.33. The van der Waals surface area contributed by atoms with Crippen LogP contribution < -0.4 is 10.2 Å². The lowest BCUT2D eigenvalue weighted by molar-refractivity contribution is -0.139. The molecule has 0 fully saturated rings. The Bertz CT molecular complexity index is 759. The predicted octanol–water partition coefficient (Wildman–Crippen LogP) is 2.62. The Morgan fingerprint density at radius 2 is 1.88 bits per heavy atom. The summed E-state index contributed by atoms with van der Waals surface area (Å²) >= 11 is 12.0. The highest BCUT2D eigenvalue weighted by atomic mass is 35.5. The van der Waals surface area contributed by atoms with E-state index in [4.69, 9.17) is 33.0 Å². The smallest absolute Gasteiger partial charge is 0.341 e. The predicted molar refractivity (Wildman–Crippen MR) is 88.9 cm³/mol. The Hall–Kier alpha value is -2.64. The van der Waals surface area contributed by atoms with E-state index >= 15 is 0 Å². The third-order valence-corrected chi connectivity index (χ3v) is 3.24. The summed E-state index contributed by atoms with van der Waals surface area (Å²) in [6, 6.07) is 6.06. The SMILES string of the molecule is O=C(O)COc1c(Cl)cc(/C=N\NC(=O)c2ccncc2)cc1Cl. The van der Waals surface area contributed by atoms with Gasteiger partial charge in [0.1, 0.15) is 0 Å². The largest absolute Gasteiger partial charge is 0.479 e. The fourth-order valence-corrected chi connectivity index (χ4v) is 2.27. The first kappa shape index (κ1) is 17.7. The number of nitrogens with zero attached hydrogens (tertiary/aromatic N) is 2. The van der Waals surface area contributed by atoms with Crippen LogP contribution >= 0.6 is 23.2 Å². The Labute approximate surface area is 146 Å². The van der Waals surface area contributed by atoms with Crippen LogP contribution in [0.15, 0.2) is 41.8 Å². The number of pyridine rings is 1. The summed E-state index contributed by atoms with van der Waals surface area (Å²) in [5, 5.41) is 12.7. The van der Waals surface area contributed by atoms with Gasteiger partial charge in [-0.25, -0.2) is 10.2 Å². The maximum Gasteiger partial charge on any atom is 0.341 e. The molecule has 1 aromatic carbocycles. The van der Waals surface area contributed by atoms with Crippen LogP contribution in [0.25, 0.3) is 0 Å². The molecule has 2 rings (SSSR count).